The highest BCUT2D eigenvalue weighted by Crippen LogP contribution is 2.38. The molecule has 0 aromatic heterocycles. The molecule has 1 fully saturated rings. The molecule has 1 amide bonds. The number of hydrogen-bond donors (Lipinski definition) is 0. The Labute approximate surface area is 185 Å². The average Bonchev–Trinajstić information content (AvgIpc) is 2.91. The van der Waals surface area contributed by atoms with Crippen LogP contribution in [0.1, 0.15) is 23.6 Å². The van der Waals surface area contributed by atoms with Crippen molar-refractivity contribution in [1.82, 2.24) is 9.80 Å². The van der Waals surface area contributed by atoms with Gasteiger partial charge in [-0.25, -0.2) is 0 Å². The summed E-state index contributed by atoms with van der Waals surface area (Å²) in [5.41, 5.74) is 2.41. The zero-order valence-corrected chi connectivity index (χ0v) is 18.4. The Morgan fingerprint density at radius 2 is 1.93 bits per heavy atom. The van der Waals surface area contributed by atoms with Gasteiger partial charge in [-0.2, -0.15) is 5.26 Å². The Bertz CT molecular complexity index is 1080. The van der Waals surface area contributed by atoms with Crippen molar-refractivity contribution in [2.75, 3.05) is 20.7 Å². The monoisotopic (exact) mass is 441 g/mol. The van der Waals surface area contributed by atoms with Crippen molar-refractivity contribution in [2.45, 2.75) is 13.5 Å². The Morgan fingerprint density at radius 1 is 1.20 bits per heavy atom. The number of likely N-dealkylation sites (N-methyl/N-ethyl adjacent to an activating group) is 2. The van der Waals surface area contributed by atoms with E-state index >= 15 is 0 Å². The summed E-state index contributed by atoms with van der Waals surface area (Å²) >= 11 is 11.7. The molecule has 6 nitrogen and oxygen atoms in total. The van der Waals surface area contributed by atoms with Crippen LogP contribution in [0.4, 0.5) is 0 Å². The van der Waals surface area contributed by atoms with Crippen molar-refractivity contribution in [3.63, 3.8) is 0 Å². The lowest BCUT2D eigenvalue weighted by Crippen LogP contribution is -2.26. The number of hydrogen-bond acceptors (Lipinski definition) is 5. The number of amides is 1. The molecule has 0 unspecified atom stereocenters. The van der Waals surface area contributed by atoms with Crippen molar-refractivity contribution >= 4 is 40.9 Å². The van der Waals surface area contributed by atoms with Crippen LogP contribution < -0.4 is 9.47 Å². The molecule has 0 bridgehead atoms. The number of nitriles is 1. The minimum absolute atomic E-state index is 0.171. The molecule has 2 aromatic rings. The largest absolute Gasteiger partial charge is 0.490 e. The molecule has 0 radical (unpaired) electrons. The molecular weight excluding hydrogens is 422 g/mol. The molecule has 1 saturated heterocycles. The van der Waals surface area contributed by atoms with Gasteiger partial charge < -0.3 is 14.4 Å². The molecule has 3 rings (SSSR count). The van der Waals surface area contributed by atoms with E-state index in [0.29, 0.717) is 45.1 Å². The van der Waals surface area contributed by atoms with Gasteiger partial charge in [0.25, 0.3) is 5.91 Å². The number of thiocarbonyl (C=S) groups is 1. The molecule has 1 heterocycles. The van der Waals surface area contributed by atoms with Gasteiger partial charge in [-0.1, -0.05) is 29.8 Å². The van der Waals surface area contributed by atoms with Crippen molar-refractivity contribution in [1.29, 1.82) is 5.26 Å². The van der Waals surface area contributed by atoms with Crippen molar-refractivity contribution in [2.24, 2.45) is 0 Å². The summed E-state index contributed by atoms with van der Waals surface area (Å²) in [4.78, 5) is 15.5. The zero-order valence-electron chi connectivity index (χ0n) is 16.8. The van der Waals surface area contributed by atoms with Crippen LogP contribution in [0.3, 0.4) is 0 Å². The van der Waals surface area contributed by atoms with Crippen LogP contribution >= 0.6 is 23.8 Å². The fraction of sp³-hybridized carbons (Fsp3) is 0.227. The zero-order chi connectivity index (χ0) is 21.8. The number of benzene rings is 2. The SMILES string of the molecule is CCOc1cc(C=C2C(=O)N(C)C(=S)N2C)cc(Cl)c1OCc1ccccc1C#N. The van der Waals surface area contributed by atoms with E-state index in [1.54, 1.807) is 49.3 Å². The molecule has 0 atom stereocenters. The van der Waals surface area contributed by atoms with E-state index in [-0.39, 0.29) is 12.5 Å². The van der Waals surface area contributed by atoms with E-state index in [9.17, 15) is 10.1 Å². The van der Waals surface area contributed by atoms with Crippen LogP contribution in [0.15, 0.2) is 42.1 Å². The predicted octanol–water partition coefficient (Wildman–Crippen LogP) is 4.22. The number of rotatable bonds is 6. The number of carbonyl (C=O) groups is 1. The van der Waals surface area contributed by atoms with E-state index in [0.717, 1.165) is 5.56 Å². The van der Waals surface area contributed by atoms with E-state index < -0.39 is 0 Å². The Morgan fingerprint density at radius 3 is 2.57 bits per heavy atom. The van der Waals surface area contributed by atoms with E-state index in [1.165, 1.54) is 4.90 Å². The van der Waals surface area contributed by atoms with Gasteiger partial charge in [-0.15, -0.1) is 0 Å². The second-order valence-corrected chi connectivity index (χ2v) is 7.33. The normalized spacial score (nSPS) is 15.0. The van der Waals surface area contributed by atoms with Gasteiger partial charge >= 0.3 is 0 Å². The molecule has 0 aliphatic carbocycles. The van der Waals surface area contributed by atoms with Crippen LogP contribution in [0.25, 0.3) is 6.08 Å². The van der Waals surface area contributed by atoms with Gasteiger partial charge in [0.05, 0.1) is 23.3 Å². The minimum atomic E-state index is -0.190. The molecule has 2 aromatic carbocycles. The van der Waals surface area contributed by atoms with Crippen LogP contribution in [-0.4, -0.2) is 41.5 Å². The maximum absolute atomic E-state index is 12.4. The third-order valence-electron chi connectivity index (χ3n) is 4.60. The Balaban J connectivity index is 1.93. The molecule has 0 spiro atoms. The first-order valence-corrected chi connectivity index (χ1v) is 10.0. The van der Waals surface area contributed by atoms with Crippen molar-refractivity contribution in [3.05, 3.63) is 63.8 Å². The summed E-state index contributed by atoms with van der Waals surface area (Å²) in [5, 5.41) is 10.0. The van der Waals surface area contributed by atoms with Crippen LogP contribution in [0, 0.1) is 11.3 Å². The summed E-state index contributed by atoms with van der Waals surface area (Å²) in [6.07, 6.45) is 1.71. The van der Waals surface area contributed by atoms with Crippen LogP contribution in [-0.2, 0) is 11.4 Å². The molecular formula is C22H20ClN3O3S. The summed E-state index contributed by atoms with van der Waals surface area (Å²) in [5.74, 6) is 0.646. The lowest BCUT2D eigenvalue weighted by molar-refractivity contribution is -0.121. The quantitative estimate of drug-likeness (QED) is 0.494. The summed E-state index contributed by atoms with van der Waals surface area (Å²) in [6, 6.07) is 12.8. The van der Waals surface area contributed by atoms with E-state index in [1.807, 2.05) is 19.1 Å². The van der Waals surface area contributed by atoms with Gasteiger partial charge in [0, 0.05) is 19.7 Å². The van der Waals surface area contributed by atoms with Gasteiger partial charge in [-0.05, 0) is 49.0 Å². The maximum Gasteiger partial charge on any atom is 0.276 e. The molecule has 0 saturated carbocycles. The lowest BCUT2D eigenvalue weighted by atomic mass is 10.1. The third-order valence-corrected chi connectivity index (χ3v) is 5.43. The number of carbonyl (C=O) groups excluding carboxylic acids is 1. The van der Waals surface area contributed by atoms with Gasteiger partial charge in [0.2, 0.25) is 0 Å². The lowest BCUT2D eigenvalue weighted by Gasteiger charge is -2.15. The molecule has 0 N–H and O–H groups in total. The minimum Gasteiger partial charge on any atom is -0.490 e. The molecule has 8 heteroatoms. The molecule has 1 aliphatic rings. The standard InChI is InChI=1S/C22H20ClN3O3S/c1-4-28-19-11-14(10-18-21(27)26(3)22(30)25(18)2)9-17(23)20(19)29-13-16-8-6-5-7-15(16)12-24/h5-11H,4,13H2,1-3H3. The number of ether oxygens (including phenoxy) is 2. The highest BCUT2D eigenvalue weighted by Gasteiger charge is 2.32. The van der Waals surface area contributed by atoms with Crippen molar-refractivity contribution < 1.29 is 14.3 Å². The summed E-state index contributed by atoms with van der Waals surface area (Å²) in [6.45, 7) is 2.44. The molecule has 30 heavy (non-hydrogen) atoms. The first kappa shape index (κ1) is 21.6. The van der Waals surface area contributed by atoms with Crippen LogP contribution in [0.2, 0.25) is 5.02 Å². The Kier molecular flexibility index (Phi) is 6.60. The number of halogens is 1. The Hall–Kier alpha value is -3.08. The van der Waals surface area contributed by atoms with Gasteiger partial charge in [0.1, 0.15) is 12.3 Å². The first-order chi connectivity index (χ1) is 14.4. The fourth-order valence-corrected chi connectivity index (χ4v) is 3.48. The first-order valence-electron chi connectivity index (χ1n) is 9.22. The number of nitrogens with zero attached hydrogens (tertiary/aromatic N) is 3. The second-order valence-electron chi connectivity index (χ2n) is 6.56. The maximum atomic E-state index is 12.4. The van der Waals surface area contributed by atoms with Crippen molar-refractivity contribution in [3.8, 4) is 17.6 Å². The van der Waals surface area contributed by atoms with Crippen LogP contribution in [0.5, 0.6) is 11.5 Å². The summed E-state index contributed by atoms with van der Waals surface area (Å²) in [7, 11) is 3.38. The second kappa shape index (κ2) is 9.16. The average molecular weight is 442 g/mol. The third kappa shape index (κ3) is 4.25. The highest BCUT2D eigenvalue weighted by molar-refractivity contribution is 7.80. The van der Waals surface area contributed by atoms with Gasteiger partial charge in [-0.3, -0.25) is 9.69 Å². The van der Waals surface area contributed by atoms with Gasteiger partial charge in [0.15, 0.2) is 16.6 Å². The summed E-state index contributed by atoms with van der Waals surface area (Å²) < 4.78 is 11.6. The fourth-order valence-electron chi connectivity index (χ4n) is 3.03. The topological polar surface area (TPSA) is 65.8 Å². The molecule has 1 aliphatic heterocycles. The smallest absolute Gasteiger partial charge is 0.276 e. The van der Waals surface area contributed by atoms with E-state index in [4.69, 9.17) is 33.3 Å². The highest BCUT2D eigenvalue weighted by atomic mass is 35.5. The van der Waals surface area contributed by atoms with E-state index in [2.05, 4.69) is 6.07 Å². The predicted molar refractivity (Wildman–Crippen MR) is 119 cm³/mol. The molecule has 154 valence electrons.